The van der Waals surface area contributed by atoms with Crippen molar-refractivity contribution < 1.29 is 22.3 Å². The maximum Gasteiger partial charge on any atom is 0.236 e. The molecule has 1 rings (SSSR count). The minimum atomic E-state index is -2.47. The minimum Gasteiger partial charge on any atom is -0.308 e. The van der Waals surface area contributed by atoms with E-state index in [2.05, 4.69) is 4.74 Å². The van der Waals surface area contributed by atoms with Gasteiger partial charge in [-0.05, 0) is 0 Å². The first-order chi connectivity index (χ1) is 4.13. The Balaban J connectivity index is 2.54. The van der Waals surface area contributed by atoms with Crippen molar-refractivity contribution in [1.82, 2.24) is 0 Å². The minimum absolute atomic E-state index is 2.45. The van der Waals surface area contributed by atoms with Gasteiger partial charge in [0.1, 0.15) is 0 Å². The van der Waals surface area contributed by atoms with Crippen LogP contribution in [0.1, 0.15) is 0 Å². The third-order valence-corrected chi connectivity index (χ3v) is 1.06. The van der Waals surface area contributed by atoms with Crippen LogP contribution in [-0.2, 0) is 4.74 Å². The number of rotatable bonds is 0. The Hall–Kier alpha value is -0.320. The summed E-state index contributed by atoms with van der Waals surface area (Å²) in [7, 11) is 0. The quantitative estimate of drug-likeness (QED) is 0.465. The van der Waals surface area contributed by atoms with Crippen LogP contribution in [-0.4, -0.2) is 25.1 Å². The third-order valence-electron chi connectivity index (χ3n) is 1.06. The first kappa shape index (κ1) is 6.80. The van der Waals surface area contributed by atoms with Crippen LogP contribution in [0.3, 0.4) is 0 Å². The Bertz CT molecular complexity index is 96.7. The molecule has 1 aliphatic heterocycles. The van der Waals surface area contributed by atoms with Crippen molar-refractivity contribution in [3.05, 3.63) is 0 Å². The Morgan fingerprint density at radius 3 is 1.22 bits per heavy atom. The standard InChI is InChI=1S/C4H4F4O/c5-1-2(6)4(8)9-3(1)7/h1-4H/t1-,2-,3-,4+/m0/s1. The molecule has 1 heterocycles. The lowest BCUT2D eigenvalue weighted by Gasteiger charge is -1.98. The van der Waals surface area contributed by atoms with Crippen LogP contribution in [0.15, 0.2) is 0 Å². The fourth-order valence-electron chi connectivity index (χ4n) is 0.563. The van der Waals surface area contributed by atoms with Gasteiger partial charge in [0.05, 0.1) is 0 Å². The number of hydrogen-bond donors (Lipinski definition) is 0. The van der Waals surface area contributed by atoms with Gasteiger partial charge in [-0.1, -0.05) is 0 Å². The van der Waals surface area contributed by atoms with E-state index in [0.717, 1.165) is 0 Å². The molecular formula is C4H4F4O. The van der Waals surface area contributed by atoms with Gasteiger partial charge >= 0.3 is 0 Å². The summed E-state index contributed by atoms with van der Waals surface area (Å²) in [5.41, 5.74) is 0. The summed E-state index contributed by atoms with van der Waals surface area (Å²) in [4.78, 5) is 0. The van der Waals surface area contributed by atoms with E-state index in [1.54, 1.807) is 0 Å². The van der Waals surface area contributed by atoms with Crippen molar-refractivity contribution in [2.24, 2.45) is 0 Å². The lowest BCUT2D eigenvalue weighted by atomic mass is 10.3. The second-order valence-corrected chi connectivity index (χ2v) is 1.73. The van der Waals surface area contributed by atoms with Crippen molar-refractivity contribution in [3.8, 4) is 0 Å². The van der Waals surface area contributed by atoms with Gasteiger partial charge in [-0.3, -0.25) is 0 Å². The Labute approximate surface area is 48.6 Å². The van der Waals surface area contributed by atoms with Crippen LogP contribution in [0.25, 0.3) is 0 Å². The summed E-state index contributed by atoms with van der Waals surface area (Å²) in [6, 6.07) is 0. The first-order valence-corrected chi connectivity index (χ1v) is 2.34. The van der Waals surface area contributed by atoms with E-state index >= 15 is 0 Å². The van der Waals surface area contributed by atoms with Crippen molar-refractivity contribution >= 4 is 0 Å². The number of halogens is 4. The maximum absolute atomic E-state index is 11.8. The smallest absolute Gasteiger partial charge is 0.236 e. The molecule has 1 aliphatic rings. The van der Waals surface area contributed by atoms with Crippen molar-refractivity contribution in [1.29, 1.82) is 0 Å². The fraction of sp³-hybridized carbons (Fsp3) is 1.00. The van der Waals surface area contributed by atoms with Crippen LogP contribution < -0.4 is 0 Å². The summed E-state index contributed by atoms with van der Waals surface area (Å²) < 4.78 is 50.7. The monoisotopic (exact) mass is 144 g/mol. The lowest BCUT2D eigenvalue weighted by Crippen LogP contribution is -2.20. The van der Waals surface area contributed by atoms with Crippen molar-refractivity contribution in [2.45, 2.75) is 25.1 Å². The molecule has 0 aromatic carbocycles. The largest absolute Gasteiger partial charge is 0.308 e. The van der Waals surface area contributed by atoms with Crippen LogP contribution in [0.4, 0.5) is 17.6 Å². The summed E-state index contributed by atoms with van der Waals surface area (Å²) in [6.07, 6.45) is -9.84. The molecule has 0 aromatic rings. The summed E-state index contributed by atoms with van der Waals surface area (Å²) >= 11 is 0. The van der Waals surface area contributed by atoms with Gasteiger partial charge in [0.2, 0.25) is 12.7 Å². The molecule has 0 N–H and O–H groups in total. The van der Waals surface area contributed by atoms with E-state index in [1.807, 2.05) is 0 Å². The highest BCUT2D eigenvalue weighted by Gasteiger charge is 2.46. The van der Waals surface area contributed by atoms with E-state index in [-0.39, 0.29) is 0 Å². The Kier molecular flexibility index (Phi) is 1.61. The lowest BCUT2D eigenvalue weighted by molar-refractivity contribution is -0.104. The zero-order valence-electron chi connectivity index (χ0n) is 4.23. The molecule has 0 spiro atoms. The maximum atomic E-state index is 11.8. The van der Waals surface area contributed by atoms with Gasteiger partial charge in [-0.25, -0.2) is 17.6 Å². The molecule has 0 aliphatic carbocycles. The van der Waals surface area contributed by atoms with Crippen LogP contribution >= 0.6 is 0 Å². The van der Waals surface area contributed by atoms with Gasteiger partial charge < -0.3 is 4.74 Å². The van der Waals surface area contributed by atoms with E-state index in [4.69, 9.17) is 0 Å². The van der Waals surface area contributed by atoms with Gasteiger partial charge in [-0.15, -0.1) is 0 Å². The molecule has 4 atom stereocenters. The van der Waals surface area contributed by atoms with Crippen molar-refractivity contribution in [3.63, 3.8) is 0 Å². The fourth-order valence-corrected chi connectivity index (χ4v) is 0.563. The van der Waals surface area contributed by atoms with Gasteiger partial charge in [0, 0.05) is 0 Å². The van der Waals surface area contributed by atoms with E-state index in [9.17, 15) is 17.6 Å². The number of ether oxygens (including phenoxy) is 1. The molecule has 1 nitrogen and oxygen atoms in total. The summed E-state index contributed by atoms with van der Waals surface area (Å²) in [6.45, 7) is 0. The average Bonchev–Trinajstić information content (AvgIpc) is 1.98. The van der Waals surface area contributed by atoms with Crippen LogP contribution in [0, 0.1) is 0 Å². The molecule has 0 bridgehead atoms. The highest BCUT2D eigenvalue weighted by Crippen LogP contribution is 2.27. The molecular weight excluding hydrogens is 140 g/mol. The third kappa shape index (κ3) is 1.01. The van der Waals surface area contributed by atoms with E-state index in [1.165, 1.54) is 0 Å². The highest BCUT2D eigenvalue weighted by molar-refractivity contribution is 4.80. The molecule has 5 heteroatoms. The summed E-state index contributed by atoms with van der Waals surface area (Å²) in [5.74, 6) is 0. The molecule has 54 valence electrons. The Morgan fingerprint density at radius 1 is 0.778 bits per heavy atom. The molecule has 0 aromatic heterocycles. The predicted molar refractivity (Wildman–Crippen MR) is 20.7 cm³/mol. The van der Waals surface area contributed by atoms with Crippen LogP contribution in [0.2, 0.25) is 0 Å². The Morgan fingerprint density at radius 2 is 1.11 bits per heavy atom. The molecule has 0 unspecified atom stereocenters. The normalized spacial score (nSPS) is 52.0. The second-order valence-electron chi connectivity index (χ2n) is 1.73. The molecule has 9 heavy (non-hydrogen) atoms. The number of alkyl halides is 4. The van der Waals surface area contributed by atoms with E-state index < -0.39 is 25.1 Å². The average molecular weight is 144 g/mol. The predicted octanol–water partition coefficient (Wildman–Crippen LogP) is 1.28. The SMILES string of the molecule is F[C@H]1[C@H](F)[C@@H](F)O[C@H]1F. The summed E-state index contributed by atoms with van der Waals surface area (Å²) in [5, 5.41) is 0. The molecule has 0 saturated carbocycles. The van der Waals surface area contributed by atoms with Gasteiger partial charge in [0.15, 0.2) is 12.3 Å². The zero-order chi connectivity index (χ0) is 7.02. The van der Waals surface area contributed by atoms with Gasteiger partial charge in [0.25, 0.3) is 0 Å². The topological polar surface area (TPSA) is 9.23 Å². The molecule has 1 fully saturated rings. The second kappa shape index (κ2) is 2.13. The highest BCUT2D eigenvalue weighted by atomic mass is 19.2. The zero-order valence-corrected chi connectivity index (χ0v) is 4.23. The van der Waals surface area contributed by atoms with E-state index in [0.29, 0.717) is 0 Å². The van der Waals surface area contributed by atoms with Gasteiger partial charge in [-0.2, -0.15) is 0 Å². The molecule has 1 saturated heterocycles. The number of hydrogen-bond acceptors (Lipinski definition) is 1. The molecule has 0 amide bonds. The van der Waals surface area contributed by atoms with Crippen molar-refractivity contribution in [2.75, 3.05) is 0 Å². The molecule has 0 radical (unpaired) electrons. The van der Waals surface area contributed by atoms with Crippen LogP contribution in [0.5, 0.6) is 0 Å². The first-order valence-electron chi connectivity index (χ1n) is 2.34.